The number of nitrogens with zero attached hydrogens (tertiary/aromatic N) is 1. The molecule has 2 amide bonds. The van der Waals surface area contributed by atoms with Crippen molar-refractivity contribution in [2.45, 2.75) is 89.3 Å². The first kappa shape index (κ1) is 26.8. The van der Waals surface area contributed by atoms with Crippen LogP contribution in [-0.4, -0.2) is 81.8 Å². The molecule has 4 fully saturated rings. The predicted octanol–water partition coefficient (Wildman–Crippen LogP) is 0.0541. The number of amides is 2. The standard InChI is InChI=1S/C26H47N5O4/c1-17-6-4-13-31-23(17)29-24-21(26(31)33)16-20(25(32)28-12-5-15-34-2)22(27)30(24)14-11-18-7-9-19(35-3)10-8-18/h17-24,29H,4-16,27H2,1-3H3,(H,28,32)/p+1. The normalized spacial score (nSPS) is 39.6. The zero-order chi connectivity index (χ0) is 24.9. The maximum absolute atomic E-state index is 13.7. The van der Waals surface area contributed by atoms with E-state index >= 15 is 0 Å². The topological polar surface area (TPSA) is 110 Å². The van der Waals surface area contributed by atoms with E-state index in [1.165, 1.54) is 17.7 Å². The molecule has 3 saturated heterocycles. The molecule has 4 aliphatic rings. The Labute approximate surface area is 210 Å². The van der Waals surface area contributed by atoms with Crippen molar-refractivity contribution in [2.75, 3.05) is 40.5 Å². The highest BCUT2D eigenvalue weighted by Crippen LogP contribution is 2.33. The van der Waals surface area contributed by atoms with Crippen molar-refractivity contribution in [3.8, 4) is 0 Å². The molecule has 0 aromatic rings. The Kier molecular flexibility index (Phi) is 9.43. The molecule has 3 heterocycles. The van der Waals surface area contributed by atoms with E-state index in [4.69, 9.17) is 15.2 Å². The number of carbonyl (C=O) groups excluding carboxylic acids is 2. The summed E-state index contributed by atoms with van der Waals surface area (Å²) >= 11 is 0. The van der Waals surface area contributed by atoms with Gasteiger partial charge in [-0.25, -0.2) is 5.32 Å². The first-order valence-electron chi connectivity index (χ1n) is 13.9. The van der Waals surface area contributed by atoms with Crippen molar-refractivity contribution in [3.05, 3.63) is 0 Å². The zero-order valence-electron chi connectivity index (χ0n) is 22.0. The van der Waals surface area contributed by atoms with Crippen LogP contribution < -0.4 is 21.3 Å². The number of carbonyl (C=O) groups is 2. The Morgan fingerprint density at radius 2 is 2.00 bits per heavy atom. The minimum atomic E-state index is -0.359. The van der Waals surface area contributed by atoms with Crippen LogP contribution in [0.4, 0.5) is 0 Å². The van der Waals surface area contributed by atoms with Gasteiger partial charge in [0, 0.05) is 33.9 Å². The van der Waals surface area contributed by atoms with E-state index in [1.54, 1.807) is 7.11 Å². The van der Waals surface area contributed by atoms with Gasteiger partial charge in [0.25, 0.3) is 0 Å². The number of hydrogen-bond acceptors (Lipinski definition) is 6. The molecule has 0 spiro atoms. The van der Waals surface area contributed by atoms with Crippen LogP contribution in [0.5, 0.6) is 0 Å². The van der Waals surface area contributed by atoms with Crippen molar-refractivity contribution < 1.29 is 24.0 Å². The van der Waals surface area contributed by atoms with E-state index in [2.05, 4.69) is 17.6 Å². The van der Waals surface area contributed by atoms with Crippen molar-refractivity contribution in [3.63, 3.8) is 0 Å². The molecule has 9 nitrogen and oxygen atoms in total. The number of piperidine rings is 2. The molecule has 0 aromatic heterocycles. The quantitative estimate of drug-likeness (QED) is 0.337. The van der Waals surface area contributed by atoms with Crippen molar-refractivity contribution in [2.24, 2.45) is 29.4 Å². The summed E-state index contributed by atoms with van der Waals surface area (Å²) in [5.74, 6) is 0.719. The van der Waals surface area contributed by atoms with Gasteiger partial charge in [-0.2, -0.15) is 0 Å². The Balaban J connectivity index is 1.47. The number of likely N-dealkylation sites (tertiary alicyclic amines) is 1. The molecule has 7 unspecified atom stereocenters. The molecule has 200 valence electrons. The van der Waals surface area contributed by atoms with Crippen LogP contribution in [0.2, 0.25) is 0 Å². The third-order valence-corrected chi connectivity index (χ3v) is 9.18. The number of nitrogens with two attached hydrogens (primary N) is 1. The molecule has 35 heavy (non-hydrogen) atoms. The van der Waals surface area contributed by atoms with Gasteiger partial charge in [-0.3, -0.25) is 15.3 Å². The van der Waals surface area contributed by atoms with E-state index in [0.717, 1.165) is 51.6 Å². The number of methoxy groups -OCH3 is 2. The Bertz CT molecular complexity index is 716. The molecule has 0 bridgehead atoms. The molecule has 3 aliphatic heterocycles. The molecule has 1 saturated carbocycles. The summed E-state index contributed by atoms with van der Waals surface area (Å²) in [7, 11) is 3.47. The van der Waals surface area contributed by atoms with E-state index < -0.39 is 0 Å². The molecule has 5 N–H and O–H groups in total. The van der Waals surface area contributed by atoms with Crippen molar-refractivity contribution in [1.82, 2.24) is 15.5 Å². The lowest BCUT2D eigenvalue weighted by Crippen LogP contribution is -3.26. The second-order valence-corrected chi connectivity index (χ2v) is 11.3. The molecular weight excluding hydrogens is 446 g/mol. The summed E-state index contributed by atoms with van der Waals surface area (Å²) in [6.45, 7) is 5.12. The number of quaternary nitrogens is 1. The van der Waals surface area contributed by atoms with Crippen LogP contribution in [0.25, 0.3) is 0 Å². The van der Waals surface area contributed by atoms with Crippen LogP contribution in [0, 0.1) is 23.7 Å². The number of hydrogen-bond donors (Lipinski definition) is 4. The first-order valence-corrected chi connectivity index (χ1v) is 13.9. The van der Waals surface area contributed by atoms with Crippen molar-refractivity contribution >= 4 is 11.8 Å². The lowest BCUT2D eigenvalue weighted by atomic mass is 9.78. The number of ether oxygens (including phenoxy) is 2. The van der Waals surface area contributed by atoms with Gasteiger partial charge in [0.15, 0.2) is 12.3 Å². The predicted molar refractivity (Wildman–Crippen MR) is 133 cm³/mol. The SMILES string of the molecule is COCCCNC(=O)C1CC2C(=O)N3CCCC(C)C3NC2[NH+](CCC2CCC(OC)CC2)C1N. The fourth-order valence-corrected chi connectivity index (χ4v) is 7.01. The monoisotopic (exact) mass is 494 g/mol. The van der Waals surface area contributed by atoms with Gasteiger partial charge in [0.2, 0.25) is 11.8 Å². The second kappa shape index (κ2) is 12.3. The molecular formula is C26H48N5O4+. The highest BCUT2D eigenvalue weighted by atomic mass is 16.5. The minimum absolute atomic E-state index is 0.0212. The largest absolute Gasteiger partial charge is 0.385 e. The zero-order valence-corrected chi connectivity index (χ0v) is 22.0. The maximum atomic E-state index is 13.7. The molecule has 1 aliphatic carbocycles. The number of nitrogens with one attached hydrogen (secondary N) is 3. The summed E-state index contributed by atoms with van der Waals surface area (Å²) in [5.41, 5.74) is 6.86. The summed E-state index contributed by atoms with van der Waals surface area (Å²) in [5, 5.41) is 6.92. The van der Waals surface area contributed by atoms with Crippen molar-refractivity contribution in [1.29, 1.82) is 0 Å². The average Bonchev–Trinajstić information content (AvgIpc) is 2.87. The summed E-state index contributed by atoms with van der Waals surface area (Å²) in [4.78, 5) is 30.1. The Hall–Kier alpha value is -1.26. The van der Waals surface area contributed by atoms with E-state index in [9.17, 15) is 9.59 Å². The van der Waals surface area contributed by atoms with Gasteiger partial charge in [0.1, 0.15) is 11.8 Å². The van der Waals surface area contributed by atoms with E-state index in [-0.39, 0.29) is 42.1 Å². The molecule has 4 rings (SSSR count). The molecule has 0 aromatic carbocycles. The summed E-state index contributed by atoms with van der Waals surface area (Å²) < 4.78 is 10.7. The molecule has 0 radical (unpaired) electrons. The second-order valence-electron chi connectivity index (χ2n) is 11.3. The van der Waals surface area contributed by atoms with Gasteiger partial charge in [-0.1, -0.05) is 6.92 Å². The summed E-state index contributed by atoms with van der Waals surface area (Å²) in [6, 6.07) is 0. The molecule has 9 heteroatoms. The van der Waals surface area contributed by atoms with Gasteiger partial charge >= 0.3 is 0 Å². The van der Waals surface area contributed by atoms with Crippen LogP contribution in [0.15, 0.2) is 0 Å². The third-order valence-electron chi connectivity index (χ3n) is 9.18. The van der Waals surface area contributed by atoms with Gasteiger partial charge in [-0.05, 0) is 69.6 Å². The van der Waals surface area contributed by atoms with Gasteiger partial charge in [-0.15, -0.1) is 0 Å². The van der Waals surface area contributed by atoms with Crippen LogP contribution in [0.3, 0.4) is 0 Å². The van der Waals surface area contributed by atoms with Crippen LogP contribution >= 0.6 is 0 Å². The Morgan fingerprint density at radius 3 is 2.71 bits per heavy atom. The van der Waals surface area contributed by atoms with E-state index in [0.29, 0.717) is 37.5 Å². The van der Waals surface area contributed by atoms with Crippen LogP contribution in [-0.2, 0) is 19.1 Å². The fourth-order valence-electron chi connectivity index (χ4n) is 7.01. The van der Waals surface area contributed by atoms with E-state index in [1.807, 2.05) is 12.0 Å². The summed E-state index contributed by atoms with van der Waals surface area (Å²) in [6.07, 6.45) is 9.27. The Morgan fingerprint density at radius 1 is 1.23 bits per heavy atom. The lowest BCUT2D eigenvalue weighted by molar-refractivity contribution is -0.965. The first-order chi connectivity index (χ1) is 16.9. The van der Waals surface area contributed by atoms with Gasteiger partial charge < -0.3 is 24.6 Å². The van der Waals surface area contributed by atoms with Gasteiger partial charge in [0.05, 0.1) is 18.8 Å². The smallest absolute Gasteiger partial charge is 0.234 e. The lowest BCUT2D eigenvalue weighted by Gasteiger charge is -2.54. The minimum Gasteiger partial charge on any atom is -0.385 e. The number of fused-ring (bicyclic) bond motifs is 2. The fraction of sp³-hybridized carbons (Fsp3) is 0.923. The maximum Gasteiger partial charge on any atom is 0.234 e. The highest BCUT2D eigenvalue weighted by molar-refractivity contribution is 5.83. The third kappa shape index (κ3) is 6.01. The molecule has 7 atom stereocenters. The highest BCUT2D eigenvalue weighted by Gasteiger charge is 2.55. The number of rotatable bonds is 9. The average molecular weight is 495 g/mol. The van der Waals surface area contributed by atoms with Crippen LogP contribution in [0.1, 0.15) is 64.7 Å².